The molecule has 0 saturated carbocycles. The van der Waals surface area contributed by atoms with E-state index in [1.165, 1.54) is 25.9 Å². The van der Waals surface area contributed by atoms with Gasteiger partial charge >= 0.3 is 0 Å². The third-order valence-corrected chi connectivity index (χ3v) is 6.54. The van der Waals surface area contributed by atoms with Crippen LogP contribution in [-0.2, 0) is 0 Å². The van der Waals surface area contributed by atoms with Crippen molar-refractivity contribution in [3.05, 3.63) is 59.7 Å². The van der Waals surface area contributed by atoms with Crippen LogP contribution in [0.25, 0.3) is 10.1 Å². The second kappa shape index (κ2) is 8.33. The maximum Gasteiger partial charge on any atom is 0.196 e. The summed E-state index contributed by atoms with van der Waals surface area (Å²) in [7, 11) is 3.97. The lowest BCUT2D eigenvalue weighted by Gasteiger charge is -2.15. The number of benzene rings is 2. The smallest absolute Gasteiger partial charge is 0.196 e. The molecule has 4 nitrogen and oxygen atoms in total. The molecule has 0 atom stereocenters. The van der Waals surface area contributed by atoms with Crippen molar-refractivity contribution in [2.45, 2.75) is 12.8 Å². The summed E-state index contributed by atoms with van der Waals surface area (Å²) in [4.78, 5) is 17.7. The normalized spacial score (nSPS) is 14.5. The molecule has 0 aliphatic carbocycles. The Morgan fingerprint density at radius 2 is 1.79 bits per heavy atom. The molecule has 1 fully saturated rings. The van der Waals surface area contributed by atoms with Crippen molar-refractivity contribution in [1.29, 1.82) is 0 Å². The molecular formula is C23H26N2O2S. The lowest BCUT2D eigenvalue weighted by molar-refractivity contribution is 0.104. The minimum Gasteiger partial charge on any atom is -0.492 e. The monoisotopic (exact) mass is 394 g/mol. The highest BCUT2D eigenvalue weighted by atomic mass is 32.1. The van der Waals surface area contributed by atoms with Crippen molar-refractivity contribution in [3.8, 4) is 5.75 Å². The zero-order valence-corrected chi connectivity index (χ0v) is 17.3. The second-order valence-electron chi connectivity index (χ2n) is 7.42. The molecule has 1 aliphatic rings. The minimum atomic E-state index is 0.0600. The van der Waals surface area contributed by atoms with Crippen LogP contribution in [0.4, 0.5) is 5.00 Å². The van der Waals surface area contributed by atoms with Crippen LogP contribution in [0, 0.1) is 0 Å². The molecule has 0 N–H and O–H groups in total. The van der Waals surface area contributed by atoms with Gasteiger partial charge in [-0.15, -0.1) is 11.3 Å². The van der Waals surface area contributed by atoms with Gasteiger partial charge in [-0.3, -0.25) is 9.69 Å². The average Bonchev–Trinajstić information content (AvgIpc) is 3.35. The molecule has 3 aromatic rings. The van der Waals surface area contributed by atoms with Crippen LogP contribution < -0.4 is 9.64 Å². The molecule has 1 aliphatic heterocycles. The Hall–Kier alpha value is -2.37. The van der Waals surface area contributed by atoms with Crippen molar-refractivity contribution >= 4 is 32.2 Å². The van der Waals surface area contributed by atoms with Gasteiger partial charge in [-0.1, -0.05) is 18.2 Å². The number of fused-ring (bicyclic) bond motifs is 1. The highest BCUT2D eigenvalue weighted by Gasteiger charge is 2.21. The van der Waals surface area contributed by atoms with Gasteiger partial charge in [-0.25, -0.2) is 0 Å². The third kappa shape index (κ3) is 3.91. The quantitative estimate of drug-likeness (QED) is 0.545. The third-order valence-electron chi connectivity index (χ3n) is 5.20. The van der Waals surface area contributed by atoms with E-state index in [1.807, 2.05) is 61.5 Å². The Labute approximate surface area is 170 Å². The highest BCUT2D eigenvalue weighted by molar-refractivity contribution is 7.23. The molecule has 146 valence electrons. The molecule has 0 amide bonds. The van der Waals surface area contributed by atoms with Gasteiger partial charge in [-0.2, -0.15) is 0 Å². The standard InChI is InChI=1S/C23H26N2O2S/c1-24(2)23-21(19-7-3-4-8-20(19)28-23)22(26)17-9-11-18(12-10-17)27-16-15-25-13-5-6-14-25/h3-4,7-12H,5-6,13-16H2,1-2H3. The first-order chi connectivity index (χ1) is 13.6. The molecule has 1 aromatic heterocycles. The fourth-order valence-electron chi connectivity index (χ4n) is 3.71. The molecule has 28 heavy (non-hydrogen) atoms. The highest BCUT2D eigenvalue weighted by Crippen LogP contribution is 2.38. The summed E-state index contributed by atoms with van der Waals surface area (Å²) in [6, 6.07) is 15.7. The first-order valence-corrected chi connectivity index (χ1v) is 10.6. The van der Waals surface area contributed by atoms with Gasteiger partial charge in [-0.05, 0) is 56.3 Å². The number of likely N-dealkylation sites (tertiary alicyclic amines) is 1. The molecular weight excluding hydrogens is 368 g/mol. The Bertz CT molecular complexity index is 956. The van der Waals surface area contributed by atoms with E-state index in [1.54, 1.807) is 11.3 Å². The topological polar surface area (TPSA) is 32.8 Å². The number of ketones is 1. The largest absolute Gasteiger partial charge is 0.492 e. The van der Waals surface area contributed by atoms with E-state index in [4.69, 9.17) is 4.74 Å². The maximum absolute atomic E-state index is 13.3. The Morgan fingerprint density at radius 3 is 2.50 bits per heavy atom. The fourth-order valence-corrected chi connectivity index (χ4v) is 4.83. The van der Waals surface area contributed by atoms with E-state index in [0.717, 1.165) is 32.9 Å². The maximum atomic E-state index is 13.3. The summed E-state index contributed by atoms with van der Waals surface area (Å²) in [6.45, 7) is 4.01. The summed E-state index contributed by atoms with van der Waals surface area (Å²) >= 11 is 1.66. The lowest BCUT2D eigenvalue weighted by Crippen LogP contribution is -2.25. The first kappa shape index (κ1) is 19.0. The number of thiophene rings is 1. The van der Waals surface area contributed by atoms with E-state index in [9.17, 15) is 4.79 Å². The van der Waals surface area contributed by atoms with Gasteiger partial charge in [0, 0.05) is 36.3 Å². The van der Waals surface area contributed by atoms with E-state index >= 15 is 0 Å². The van der Waals surface area contributed by atoms with Crippen LogP contribution in [0.3, 0.4) is 0 Å². The summed E-state index contributed by atoms with van der Waals surface area (Å²) < 4.78 is 7.00. The number of rotatable bonds is 7. The van der Waals surface area contributed by atoms with E-state index in [0.29, 0.717) is 12.2 Å². The summed E-state index contributed by atoms with van der Waals surface area (Å²) in [5.41, 5.74) is 1.48. The number of hydrogen-bond acceptors (Lipinski definition) is 5. The molecule has 0 spiro atoms. The summed E-state index contributed by atoms with van der Waals surface area (Å²) in [5, 5.41) is 2.02. The molecule has 5 heteroatoms. The average molecular weight is 395 g/mol. The van der Waals surface area contributed by atoms with Gasteiger partial charge < -0.3 is 9.64 Å². The van der Waals surface area contributed by atoms with Gasteiger partial charge in [0.1, 0.15) is 17.4 Å². The van der Waals surface area contributed by atoms with E-state index < -0.39 is 0 Å². The summed E-state index contributed by atoms with van der Waals surface area (Å²) in [5.74, 6) is 0.878. The zero-order chi connectivity index (χ0) is 19.5. The van der Waals surface area contributed by atoms with Crippen LogP contribution in [0.1, 0.15) is 28.8 Å². The Morgan fingerprint density at radius 1 is 1.07 bits per heavy atom. The van der Waals surface area contributed by atoms with Crippen molar-refractivity contribution < 1.29 is 9.53 Å². The van der Waals surface area contributed by atoms with Crippen LogP contribution in [0.5, 0.6) is 5.75 Å². The van der Waals surface area contributed by atoms with E-state index in [2.05, 4.69) is 11.0 Å². The van der Waals surface area contributed by atoms with Gasteiger partial charge in [0.15, 0.2) is 5.78 Å². The van der Waals surface area contributed by atoms with Crippen LogP contribution in [-0.4, -0.2) is 51.0 Å². The van der Waals surface area contributed by atoms with Gasteiger partial charge in [0.25, 0.3) is 0 Å². The predicted molar refractivity (Wildman–Crippen MR) is 117 cm³/mol. The number of carbonyl (C=O) groups excluding carboxylic acids is 1. The SMILES string of the molecule is CN(C)c1sc2ccccc2c1C(=O)c1ccc(OCCN2CCCC2)cc1. The van der Waals surface area contributed by atoms with Crippen LogP contribution in [0.15, 0.2) is 48.5 Å². The fraction of sp³-hybridized carbons (Fsp3) is 0.348. The first-order valence-electron chi connectivity index (χ1n) is 9.82. The molecule has 0 unspecified atom stereocenters. The number of ether oxygens (including phenoxy) is 1. The zero-order valence-electron chi connectivity index (χ0n) is 16.5. The predicted octanol–water partition coefficient (Wildman–Crippen LogP) is 4.67. The number of anilines is 1. The minimum absolute atomic E-state index is 0.0600. The van der Waals surface area contributed by atoms with Gasteiger partial charge in [0.2, 0.25) is 0 Å². The molecule has 1 saturated heterocycles. The van der Waals surface area contributed by atoms with E-state index in [-0.39, 0.29) is 5.78 Å². The Kier molecular flexibility index (Phi) is 5.64. The summed E-state index contributed by atoms with van der Waals surface area (Å²) in [6.07, 6.45) is 2.59. The number of nitrogens with zero attached hydrogens (tertiary/aromatic N) is 2. The van der Waals surface area contributed by atoms with Gasteiger partial charge in [0.05, 0.1) is 5.56 Å². The molecule has 0 radical (unpaired) electrons. The van der Waals surface area contributed by atoms with Crippen LogP contribution >= 0.6 is 11.3 Å². The molecule has 2 heterocycles. The molecule has 4 rings (SSSR count). The lowest BCUT2D eigenvalue weighted by atomic mass is 10.0. The number of hydrogen-bond donors (Lipinski definition) is 0. The molecule has 2 aromatic carbocycles. The van der Waals surface area contributed by atoms with Crippen molar-refractivity contribution in [3.63, 3.8) is 0 Å². The van der Waals surface area contributed by atoms with Crippen molar-refractivity contribution in [2.24, 2.45) is 0 Å². The Balaban J connectivity index is 1.50. The number of carbonyl (C=O) groups is 1. The van der Waals surface area contributed by atoms with Crippen molar-refractivity contribution in [2.75, 3.05) is 45.2 Å². The molecule has 0 bridgehead atoms. The van der Waals surface area contributed by atoms with Crippen molar-refractivity contribution in [1.82, 2.24) is 4.90 Å². The second-order valence-corrected chi connectivity index (χ2v) is 8.45. The van der Waals surface area contributed by atoms with Crippen LogP contribution in [0.2, 0.25) is 0 Å².